The lowest BCUT2D eigenvalue weighted by Crippen LogP contribution is -2.33. The first-order chi connectivity index (χ1) is 15.6. The average molecular weight is 469 g/mol. The van der Waals surface area contributed by atoms with Crippen LogP contribution < -0.4 is 22.7 Å². The zero-order chi connectivity index (χ0) is 24.3. The van der Waals surface area contributed by atoms with E-state index in [0.29, 0.717) is 5.56 Å². The van der Waals surface area contributed by atoms with E-state index in [1.165, 1.54) is 27.6 Å². The van der Waals surface area contributed by atoms with E-state index in [1.807, 2.05) is 0 Å². The van der Waals surface area contributed by atoms with Gasteiger partial charge in [-0.3, -0.25) is 18.9 Å². The first-order valence-corrected chi connectivity index (χ1v) is 10.2. The Morgan fingerprint density at radius 1 is 1.06 bits per heavy atom. The fourth-order valence-corrected chi connectivity index (χ4v) is 3.55. The molecule has 2 aliphatic heterocycles. The zero-order valence-corrected chi connectivity index (χ0v) is 17.8. The highest BCUT2D eigenvalue weighted by Gasteiger charge is 2.35. The van der Waals surface area contributed by atoms with E-state index >= 15 is 0 Å². The summed E-state index contributed by atoms with van der Waals surface area (Å²) in [4.78, 5) is 39.9. The van der Waals surface area contributed by atoms with Crippen LogP contribution in [0.3, 0.4) is 0 Å². The van der Waals surface area contributed by atoms with Gasteiger partial charge in [-0.25, -0.2) is 9.59 Å². The van der Waals surface area contributed by atoms with Crippen LogP contribution in [0.15, 0.2) is 32.8 Å². The number of aliphatic hydroxyl groups excluding tert-OH is 4. The number of aromatic nitrogens is 4. The number of anilines is 1. The summed E-state index contributed by atoms with van der Waals surface area (Å²) in [5.74, 6) is 0.138. The number of rotatable bonds is 4. The van der Waals surface area contributed by atoms with Gasteiger partial charge in [0.25, 0.3) is 5.56 Å². The summed E-state index contributed by atoms with van der Waals surface area (Å²) in [5.41, 5.74) is 4.18. The van der Waals surface area contributed by atoms with Gasteiger partial charge in [-0.2, -0.15) is 4.98 Å². The van der Waals surface area contributed by atoms with Gasteiger partial charge in [-0.1, -0.05) is 0 Å². The van der Waals surface area contributed by atoms with Crippen LogP contribution >= 0.6 is 0 Å². The Bertz CT molecular complexity index is 1130. The molecule has 0 aromatic carbocycles. The molecule has 4 rings (SSSR count). The second kappa shape index (κ2) is 10.4. The first-order valence-electron chi connectivity index (χ1n) is 10.2. The van der Waals surface area contributed by atoms with Crippen molar-refractivity contribution in [3.63, 3.8) is 0 Å². The Labute approximate surface area is 186 Å². The molecule has 33 heavy (non-hydrogen) atoms. The monoisotopic (exact) mass is 469 g/mol. The van der Waals surface area contributed by atoms with Crippen molar-refractivity contribution in [1.29, 1.82) is 0 Å². The van der Waals surface area contributed by atoms with Crippen molar-refractivity contribution in [2.75, 3.05) is 18.9 Å². The van der Waals surface area contributed by atoms with E-state index in [9.17, 15) is 24.6 Å². The Kier molecular flexibility index (Phi) is 7.78. The lowest BCUT2D eigenvalue weighted by molar-refractivity contribution is -0.0459. The van der Waals surface area contributed by atoms with Crippen molar-refractivity contribution in [3.05, 3.63) is 55.3 Å². The van der Waals surface area contributed by atoms with Crippen molar-refractivity contribution in [3.8, 4) is 0 Å². The van der Waals surface area contributed by atoms with Crippen LogP contribution in [0.4, 0.5) is 5.82 Å². The quantitative estimate of drug-likeness (QED) is 0.264. The number of hydrogen-bond acceptors (Lipinski definition) is 11. The first kappa shape index (κ1) is 24.8. The van der Waals surface area contributed by atoms with Crippen LogP contribution in [-0.2, 0) is 9.47 Å². The molecule has 4 heterocycles. The molecule has 182 valence electrons. The molecule has 2 aliphatic rings. The number of aliphatic hydroxyl groups is 4. The van der Waals surface area contributed by atoms with E-state index in [1.54, 1.807) is 6.92 Å². The highest BCUT2D eigenvalue weighted by molar-refractivity contribution is 5.23. The van der Waals surface area contributed by atoms with Crippen molar-refractivity contribution in [2.24, 2.45) is 0 Å². The maximum Gasteiger partial charge on any atom is 0.351 e. The number of nitrogens with two attached hydrogens (primary N) is 1. The summed E-state index contributed by atoms with van der Waals surface area (Å²) in [6, 6.07) is 1.48. The van der Waals surface area contributed by atoms with Gasteiger partial charge in [0.1, 0.15) is 30.5 Å². The Morgan fingerprint density at radius 2 is 1.61 bits per heavy atom. The summed E-state index contributed by atoms with van der Waals surface area (Å²) in [6.45, 7) is 0.979. The molecule has 0 saturated carbocycles. The molecule has 6 atom stereocenters. The lowest BCUT2D eigenvalue weighted by Gasteiger charge is -2.14. The summed E-state index contributed by atoms with van der Waals surface area (Å²) in [6.07, 6.45) is -0.914. The summed E-state index contributed by atoms with van der Waals surface area (Å²) in [7, 11) is 0. The number of nitrogens with zero attached hydrogens (tertiary/aromatic N) is 3. The SMILES string of the molecule is Cc1cn([C@H]2C[C@H](O)[C@@H](CO)O2)c(=O)[nH]c1=O.Nc1ccn([C@H]2C[C@H](O)[C@@H](CO)O2)c(=O)n1. The predicted octanol–water partition coefficient (Wildman–Crippen LogP) is -3.05. The van der Waals surface area contributed by atoms with Crippen LogP contribution in [0.1, 0.15) is 30.9 Å². The molecule has 2 aromatic heterocycles. The summed E-state index contributed by atoms with van der Waals surface area (Å²) >= 11 is 0. The third kappa shape index (κ3) is 5.55. The van der Waals surface area contributed by atoms with Crippen LogP contribution in [0.25, 0.3) is 0 Å². The molecular formula is C19H27N5O9. The number of hydrogen-bond donors (Lipinski definition) is 6. The molecule has 0 unspecified atom stereocenters. The largest absolute Gasteiger partial charge is 0.394 e. The molecule has 0 aliphatic carbocycles. The van der Waals surface area contributed by atoms with E-state index in [-0.39, 0.29) is 31.9 Å². The number of nitrogens with one attached hydrogen (secondary N) is 1. The lowest BCUT2D eigenvalue weighted by atomic mass is 10.2. The van der Waals surface area contributed by atoms with Crippen molar-refractivity contribution in [2.45, 2.75) is 56.6 Å². The van der Waals surface area contributed by atoms with Gasteiger partial charge in [0, 0.05) is 30.8 Å². The van der Waals surface area contributed by atoms with Crippen LogP contribution in [0, 0.1) is 6.92 Å². The normalized spacial score (nSPS) is 29.0. The standard InChI is InChI=1S/C10H14N2O5.C9H13N3O4/c1-5-3-12(10(16)11-9(5)15)8-2-6(14)7(4-13)17-8;10-7-1-2-12(9(15)11-7)8-3-5(14)6(4-13)16-8/h3,6-8,13-14H,2,4H2,1H3,(H,11,15,16);1-2,5-6,8,13-14H,3-4H2,(H2,10,11,15)/t6-,7+,8+;5-,6+,8+/m00/s1. The Morgan fingerprint density at radius 3 is 2.09 bits per heavy atom. The van der Waals surface area contributed by atoms with Gasteiger partial charge in [-0.15, -0.1) is 0 Å². The smallest absolute Gasteiger partial charge is 0.351 e. The minimum Gasteiger partial charge on any atom is -0.394 e. The predicted molar refractivity (Wildman–Crippen MR) is 112 cm³/mol. The number of aromatic amines is 1. The minimum absolute atomic E-state index is 0.138. The van der Waals surface area contributed by atoms with Crippen LogP contribution in [0.5, 0.6) is 0 Å². The third-order valence-corrected chi connectivity index (χ3v) is 5.39. The van der Waals surface area contributed by atoms with Crippen LogP contribution in [0.2, 0.25) is 0 Å². The highest BCUT2D eigenvalue weighted by Crippen LogP contribution is 2.28. The van der Waals surface area contributed by atoms with Crippen LogP contribution in [-0.4, -0.2) is 77.2 Å². The highest BCUT2D eigenvalue weighted by atomic mass is 16.5. The van der Waals surface area contributed by atoms with E-state index < -0.39 is 53.8 Å². The minimum atomic E-state index is -0.816. The fourth-order valence-electron chi connectivity index (χ4n) is 3.55. The van der Waals surface area contributed by atoms with Gasteiger partial charge in [0.15, 0.2) is 0 Å². The third-order valence-electron chi connectivity index (χ3n) is 5.39. The molecule has 0 bridgehead atoms. The number of aryl methyl sites for hydroxylation is 1. The average Bonchev–Trinajstić information content (AvgIpc) is 3.32. The van der Waals surface area contributed by atoms with Gasteiger partial charge in [-0.05, 0) is 13.0 Å². The van der Waals surface area contributed by atoms with Gasteiger partial charge < -0.3 is 35.6 Å². The summed E-state index contributed by atoms with van der Waals surface area (Å²) in [5, 5.41) is 36.9. The molecule has 2 aromatic rings. The van der Waals surface area contributed by atoms with Gasteiger partial charge in [0.05, 0.1) is 25.4 Å². The Hall–Kier alpha value is -2.88. The molecule has 0 spiro atoms. The summed E-state index contributed by atoms with van der Waals surface area (Å²) < 4.78 is 13.1. The molecule has 7 N–H and O–H groups in total. The van der Waals surface area contributed by atoms with Gasteiger partial charge >= 0.3 is 11.4 Å². The van der Waals surface area contributed by atoms with Crippen molar-refractivity contribution in [1.82, 2.24) is 19.1 Å². The number of nitrogen functional groups attached to an aromatic ring is 1. The molecule has 0 amide bonds. The maximum atomic E-state index is 11.6. The van der Waals surface area contributed by atoms with E-state index in [4.69, 9.17) is 25.4 Å². The van der Waals surface area contributed by atoms with Crippen molar-refractivity contribution < 1.29 is 29.9 Å². The second-order valence-corrected chi connectivity index (χ2v) is 7.75. The Balaban J connectivity index is 0.000000186. The fraction of sp³-hybridized carbons (Fsp3) is 0.579. The molecule has 0 radical (unpaired) electrons. The maximum absolute atomic E-state index is 11.6. The van der Waals surface area contributed by atoms with Crippen molar-refractivity contribution >= 4 is 5.82 Å². The topological polar surface area (TPSA) is 215 Å². The molecule has 2 fully saturated rings. The molecule has 14 heteroatoms. The number of H-pyrrole nitrogens is 1. The van der Waals surface area contributed by atoms with E-state index in [2.05, 4.69) is 9.97 Å². The van der Waals surface area contributed by atoms with E-state index in [0.717, 1.165) is 0 Å². The zero-order valence-electron chi connectivity index (χ0n) is 17.8. The second-order valence-electron chi connectivity index (χ2n) is 7.75. The molecular weight excluding hydrogens is 442 g/mol. The van der Waals surface area contributed by atoms with Gasteiger partial charge in [0.2, 0.25) is 0 Å². The number of ether oxygens (including phenoxy) is 2. The molecule has 14 nitrogen and oxygen atoms in total. The molecule has 2 saturated heterocycles.